The highest BCUT2D eigenvalue weighted by Gasteiger charge is 2.20. The van der Waals surface area contributed by atoms with Crippen molar-refractivity contribution in [3.05, 3.63) is 60.2 Å². The van der Waals surface area contributed by atoms with Gasteiger partial charge in [-0.3, -0.25) is 10.1 Å². The standard InChI is InChI=1S/C18H13N7O2S/c1-10-21-18(28-25-10)24-23-13-9-11-5-2-3-6-12(11)14(15(13)26)16(27)22-17-19-7-4-8-20-17/h2-9,26H,1H3,(H,19,20,22,27). The maximum atomic E-state index is 12.8. The van der Waals surface area contributed by atoms with Crippen molar-refractivity contribution in [2.45, 2.75) is 6.92 Å². The number of aromatic hydroxyl groups is 1. The van der Waals surface area contributed by atoms with E-state index in [1.54, 1.807) is 31.2 Å². The predicted molar refractivity (Wildman–Crippen MR) is 104 cm³/mol. The lowest BCUT2D eigenvalue weighted by Crippen LogP contribution is -2.14. The van der Waals surface area contributed by atoms with Gasteiger partial charge in [-0.05, 0) is 29.8 Å². The molecule has 0 saturated heterocycles. The molecule has 1 amide bonds. The number of nitrogens with zero attached hydrogens (tertiary/aromatic N) is 6. The van der Waals surface area contributed by atoms with Crippen LogP contribution in [-0.2, 0) is 0 Å². The van der Waals surface area contributed by atoms with Crippen molar-refractivity contribution in [3.63, 3.8) is 0 Å². The summed E-state index contributed by atoms with van der Waals surface area (Å²) in [6, 6.07) is 10.5. The number of hydrogen-bond donors (Lipinski definition) is 2. The molecule has 9 nitrogen and oxygen atoms in total. The van der Waals surface area contributed by atoms with Crippen LogP contribution >= 0.6 is 11.5 Å². The number of amides is 1. The number of aromatic nitrogens is 4. The van der Waals surface area contributed by atoms with Gasteiger partial charge in [0.2, 0.25) is 11.1 Å². The normalized spacial score (nSPS) is 11.2. The molecule has 0 aliphatic carbocycles. The molecule has 2 aromatic heterocycles. The number of phenolic OH excluding ortho intramolecular Hbond substituents is 1. The molecule has 2 heterocycles. The smallest absolute Gasteiger partial charge is 0.262 e. The second-order valence-electron chi connectivity index (χ2n) is 5.69. The minimum atomic E-state index is -0.552. The third-order valence-electron chi connectivity index (χ3n) is 3.78. The summed E-state index contributed by atoms with van der Waals surface area (Å²) in [6.07, 6.45) is 3.02. The molecule has 0 fully saturated rings. The quantitative estimate of drug-likeness (QED) is 0.503. The fourth-order valence-electron chi connectivity index (χ4n) is 2.58. The number of nitrogens with one attached hydrogen (secondary N) is 1. The average Bonchev–Trinajstić information content (AvgIpc) is 3.12. The number of hydrogen-bond acceptors (Lipinski definition) is 9. The summed E-state index contributed by atoms with van der Waals surface area (Å²) >= 11 is 1.09. The van der Waals surface area contributed by atoms with Crippen molar-refractivity contribution in [1.82, 2.24) is 19.3 Å². The van der Waals surface area contributed by atoms with E-state index in [9.17, 15) is 9.90 Å². The Bertz CT molecular complexity index is 1190. The van der Waals surface area contributed by atoms with E-state index in [2.05, 4.69) is 34.9 Å². The Morgan fingerprint density at radius 2 is 1.93 bits per heavy atom. The van der Waals surface area contributed by atoms with Gasteiger partial charge in [-0.2, -0.15) is 4.37 Å². The summed E-state index contributed by atoms with van der Waals surface area (Å²) < 4.78 is 4.03. The van der Waals surface area contributed by atoms with Gasteiger partial charge in [0.1, 0.15) is 11.5 Å². The van der Waals surface area contributed by atoms with E-state index in [0.717, 1.165) is 16.9 Å². The minimum Gasteiger partial charge on any atom is -0.505 e. The highest BCUT2D eigenvalue weighted by Crippen LogP contribution is 2.38. The number of rotatable bonds is 4. The first-order valence-electron chi connectivity index (χ1n) is 8.17. The van der Waals surface area contributed by atoms with Crippen molar-refractivity contribution in [3.8, 4) is 5.75 Å². The number of phenols is 1. The summed E-state index contributed by atoms with van der Waals surface area (Å²) in [6.45, 7) is 1.75. The van der Waals surface area contributed by atoms with Crippen LogP contribution in [-0.4, -0.2) is 30.3 Å². The van der Waals surface area contributed by atoms with Gasteiger partial charge in [-0.15, -0.1) is 10.2 Å². The minimum absolute atomic E-state index is 0.0629. The second kappa shape index (κ2) is 7.45. The lowest BCUT2D eigenvalue weighted by Gasteiger charge is -2.11. The van der Waals surface area contributed by atoms with E-state index in [0.29, 0.717) is 16.3 Å². The first-order valence-corrected chi connectivity index (χ1v) is 8.94. The first-order chi connectivity index (χ1) is 13.6. The van der Waals surface area contributed by atoms with Gasteiger partial charge in [0, 0.05) is 23.9 Å². The van der Waals surface area contributed by atoms with E-state index in [-0.39, 0.29) is 22.9 Å². The van der Waals surface area contributed by atoms with Crippen molar-refractivity contribution in [1.29, 1.82) is 0 Å². The molecule has 0 aliphatic heterocycles. The molecule has 10 heteroatoms. The van der Waals surface area contributed by atoms with Gasteiger partial charge in [0.25, 0.3) is 5.91 Å². The molecule has 0 atom stereocenters. The van der Waals surface area contributed by atoms with Crippen LogP contribution in [0.1, 0.15) is 16.2 Å². The zero-order valence-electron chi connectivity index (χ0n) is 14.6. The zero-order chi connectivity index (χ0) is 19.5. The summed E-state index contributed by atoms with van der Waals surface area (Å²) in [5, 5.41) is 23.0. The lowest BCUT2D eigenvalue weighted by atomic mass is 10.0. The van der Waals surface area contributed by atoms with Crippen LogP contribution in [0.25, 0.3) is 10.8 Å². The Morgan fingerprint density at radius 1 is 1.14 bits per heavy atom. The first kappa shape index (κ1) is 17.6. The molecule has 2 N–H and O–H groups in total. The molecular weight excluding hydrogens is 378 g/mol. The molecule has 0 spiro atoms. The van der Waals surface area contributed by atoms with Crippen LogP contribution in [0, 0.1) is 6.92 Å². The van der Waals surface area contributed by atoms with Gasteiger partial charge in [0.15, 0.2) is 5.75 Å². The number of fused-ring (bicyclic) bond motifs is 1. The topological polar surface area (TPSA) is 126 Å². The summed E-state index contributed by atoms with van der Waals surface area (Å²) in [5.74, 6) is -0.127. The lowest BCUT2D eigenvalue weighted by molar-refractivity contribution is 0.102. The maximum absolute atomic E-state index is 12.8. The Hall–Kier alpha value is -3.79. The number of carbonyl (C=O) groups is 1. The number of carbonyl (C=O) groups excluding carboxylic acids is 1. The number of anilines is 1. The molecule has 0 bridgehead atoms. The molecule has 4 aromatic rings. The Balaban J connectivity index is 1.79. The monoisotopic (exact) mass is 391 g/mol. The Morgan fingerprint density at radius 3 is 2.68 bits per heavy atom. The Kier molecular flexibility index (Phi) is 4.68. The molecule has 4 rings (SSSR count). The number of azo groups is 1. The van der Waals surface area contributed by atoms with Crippen LogP contribution in [0.2, 0.25) is 0 Å². The Labute approximate surface area is 163 Å². The fourth-order valence-corrected chi connectivity index (χ4v) is 3.08. The predicted octanol–water partition coefficient (Wildman–Crippen LogP) is 4.16. The molecule has 2 aromatic carbocycles. The van der Waals surface area contributed by atoms with Gasteiger partial charge in [0.05, 0.1) is 5.56 Å². The summed E-state index contributed by atoms with van der Waals surface area (Å²) in [5.41, 5.74) is 0.207. The van der Waals surface area contributed by atoms with Gasteiger partial charge >= 0.3 is 0 Å². The van der Waals surface area contributed by atoms with Crippen LogP contribution in [0.15, 0.2) is 59.0 Å². The van der Waals surface area contributed by atoms with Gasteiger partial charge in [-0.1, -0.05) is 24.3 Å². The molecule has 0 radical (unpaired) electrons. The van der Waals surface area contributed by atoms with Crippen molar-refractivity contribution < 1.29 is 9.90 Å². The molecule has 0 unspecified atom stereocenters. The van der Waals surface area contributed by atoms with E-state index in [4.69, 9.17) is 0 Å². The zero-order valence-corrected chi connectivity index (χ0v) is 15.4. The third kappa shape index (κ3) is 3.53. The van der Waals surface area contributed by atoms with Gasteiger partial charge in [-0.25, -0.2) is 15.0 Å². The molecular formula is C18H13N7O2S. The van der Waals surface area contributed by atoms with E-state index in [1.807, 2.05) is 12.1 Å². The number of aryl methyl sites for hydroxylation is 1. The maximum Gasteiger partial charge on any atom is 0.262 e. The second-order valence-corrected chi connectivity index (χ2v) is 6.42. The molecule has 28 heavy (non-hydrogen) atoms. The van der Waals surface area contributed by atoms with Gasteiger partial charge < -0.3 is 5.11 Å². The molecule has 0 saturated carbocycles. The van der Waals surface area contributed by atoms with Crippen molar-refractivity contribution >= 4 is 45.0 Å². The van der Waals surface area contributed by atoms with E-state index in [1.165, 1.54) is 12.4 Å². The average molecular weight is 391 g/mol. The largest absolute Gasteiger partial charge is 0.505 e. The van der Waals surface area contributed by atoms with Crippen LogP contribution in [0.4, 0.5) is 16.8 Å². The van der Waals surface area contributed by atoms with E-state index >= 15 is 0 Å². The summed E-state index contributed by atoms with van der Waals surface area (Å²) in [4.78, 5) is 24.9. The van der Waals surface area contributed by atoms with E-state index < -0.39 is 5.91 Å². The third-order valence-corrected chi connectivity index (χ3v) is 4.47. The molecule has 138 valence electrons. The summed E-state index contributed by atoms with van der Waals surface area (Å²) in [7, 11) is 0. The number of benzene rings is 2. The highest BCUT2D eigenvalue weighted by molar-refractivity contribution is 7.09. The van der Waals surface area contributed by atoms with Crippen molar-refractivity contribution in [2.24, 2.45) is 10.2 Å². The van der Waals surface area contributed by atoms with Crippen molar-refractivity contribution in [2.75, 3.05) is 5.32 Å². The van der Waals surface area contributed by atoms with Crippen LogP contribution < -0.4 is 5.32 Å². The van der Waals surface area contributed by atoms with Crippen LogP contribution in [0.5, 0.6) is 5.75 Å². The van der Waals surface area contributed by atoms with Crippen LogP contribution in [0.3, 0.4) is 0 Å². The highest BCUT2D eigenvalue weighted by atomic mass is 32.1. The molecule has 0 aliphatic rings. The fraction of sp³-hybridized carbons (Fsp3) is 0.0556. The SMILES string of the molecule is Cc1nsc(N=Nc2cc3ccccc3c(C(=O)Nc3ncccn3)c2O)n1.